The molecule has 0 aromatic heterocycles. The normalized spacial score (nSPS) is 34.0. The molecule has 1 amide bonds. The topological polar surface area (TPSA) is 56.2 Å². The van der Waals surface area contributed by atoms with E-state index in [0.717, 1.165) is 84.6 Å². The van der Waals surface area contributed by atoms with E-state index in [1.165, 1.54) is 0 Å². The fourth-order valence-corrected chi connectivity index (χ4v) is 4.12. The van der Waals surface area contributed by atoms with E-state index in [1.807, 2.05) is 4.90 Å². The van der Waals surface area contributed by atoms with Crippen LogP contribution in [0.5, 0.6) is 0 Å². The molecular weight excluding hydrogens is 294 g/mol. The number of likely N-dealkylation sites (N-methyl/N-ethyl adjacent to an activating group) is 1. The van der Waals surface area contributed by atoms with Gasteiger partial charge < -0.3 is 19.6 Å². The number of nitrogens with zero attached hydrogens (tertiary/aromatic N) is 3. The number of amides is 1. The van der Waals surface area contributed by atoms with Crippen LogP contribution in [0.4, 0.5) is 0 Å². The average Bonchev–Trinajstić information content (AvgIpc) is 3.09. The third-order valence-electron chi connectivity index (χ3n) is 5.49. The quantitative estimate of drug-likeness (QED) is 0.798. The molecule has 3 saturated heterocycles. The molecule has 0 aromatic carbocycles. The fourth-order valence-electron chi connectivity index (χ4n) is 4.12. The Bertz CT molecular complexity index is 406. The van der Waals surface area contributed by atoms with Crippen LogP contribution in [0.2, 0.25) is 0 Å². The van der Waals surface area contributed by atoms with Crippen LogP contribution in [0, 0.1) is 0 Å². The van der Waals surface area contributed by atoms with Gasteiger partial charge in [-0.1, -0.05) is 6.92 Å². The summed E-state index contributed by atoms with van der Waals surface area (Å²) in [5.41, 5.74) is -0.588. The lowest BCUT2D eigenvalue weighted by Gasteiger charge is -2.44. The van der Waals surface area contributed by atoms with Gasteiger partial charge in [0.25, 0.3) is 5.91 Å². The number of likely N-dealkylation sites (tertiary alicyclic amines) is 1. The first-order chi connectivity index (χ1) is 11.1. The minimum absolute atomic E-state index is 0.163. The van der Waals surface area contributed by atoms with Crippen LogP contribution in [-0.2, 0) is 9.53 Å². The molecule has 1 N–H and O–H groups in total. The summed E-state index contributed by atoms with van der Waals surface area (Å²) in [6, 6.07) is 0. The third kappa shape index (κ3) is 4.24. The minimum Gasteiger partial charge on any atom is -0.387 e. The lowest BCUT2D eigenvalue weighted by molar-refractivity contribution is -0.143. The van der Waals surface area contributed by atoms with Crippen molar-refractivity contribution < 1.29 is 14.6 Å². The smallest absolute Gasteiger partial charge is 0.251 e. The van der Waals surface area contributed by atoms with Crippen LogP contribution in [0.1, 0.15) is 32.6 Å². The van der Waals surface area contributed by atoms with Crippen molar-refractivity contribution in [3.63, 3.8) is 0 Å². The number of piperazine rings is 1. The molecule has 0 spiro atoms. The number of piperidine rings is 1. The molecule has 0 radical (unpaired) electrons. The monoisotopic (exact) mass is 325 g/mol. The number of carbonyl (C=O) groups is 1. The van der Waals surface area contributed by atoms with Gasteiger partial charge in [-0.15, -0.1) is 0 Å². The maximum absolute atomic E-state index is 12.4. The SMILES string of the molecule is CCN1CCCC(O)(CN2CCN(C(=O)C3CCCO3)CC2)C1. The van der Waals surface area contributed by atoms with Crippen LogP contribution in [0.15, 0.2) is 0 Å². The zero-order chi connectivity index (χ0) is 16.3. The Hall–Kier alpha value is -0.690. The summed E-state index contributed by atoms with van der Waals surface area (Å²) in [7, 11) is 0. The number of aliphatic hydroxyl groups is 1. The lowest BCUT2D eigenvalue weighted by Crippen LogP contribution is -2.58. The van der Waals surface area contributed by atoms with Crippen molar-refractivity contribution in [2.24, 2.45) is 0 Å². The molecule has 2 unspecified atom stereocenters. The summed E-state index contributed by atoms with van der Waals surface area (Å²) in [5.74, 6) is 0.163. The van der Waals surface area contributed by atoms with E-state index in [9.17, 15) is 9.90 Å². The summed E-state index contributed by atoms with van der Waals surface area (Å²) in [5, 5.41) is 10.9. The maximum Gasteiger partial charge on any atom is 0.251 e. The molecule has 3 heterocycles. The lowest BCUT2D eigenvalue weighted by atomic mass is 9.92. The van der Waals surface area contributed by atoms with Gasteiger partial charge in [-0.3, -0.25) is 9.69 Å². The zero-order valence-electron chi connectivity index (χ0n) is 14.4. The maximum atomic E-state index is 12.4. The molecule has 0 saturated carbocycles. The zero-order valence-corrected chi connectivity index (χ0v) is 14.4. The Morgan fingerprint density at radius 1 is 1.17 bits per heavy atom. The van der Waals surface area contributed by atoms with Crippen LogP contribution >= 0.6 is 0 Å². The summed E-state index contributed by atoms with van der Waals surface area (Å²) < 4.78 is 5.51. The Kier molecular flexibility index (Phi) is 5.57. The van der Waals surface area contributed by atoms with Gasteiger partial charge in [0.2, 0.25) is 0 Å². The third-order valence-corrected chi connectivity index (χ3v) is 5.49. The standard InChI is InChI=1S/C17H31N3O3/c1-2-18-7-4-6-17(22,13-18)14-19-8-10-20(11-9-19)16(21)15-5-3-12-23-15/h15,22H,2-14H2,1H3. The number of rotatable bonds is 4. The number of ether oxygens (including phenoxy) is 1. The molecule has 3 aliphatic rings. The van der Waals surface area contributed by atoms with E-state index in [0.29, 0.717) is 0 Å². The van der Waals surface area contributed by atoms with Gasteiger partial charge in [-0.25, -0.2) is 0 Å². The Labute approximate surface area is 139 Å². The summed E-state index contributed by atoms with van der Waals surface area (Å²) in [6.07, 6.45) is 3.62. The second-order valence-electron chi connectivity index (χ2n) is 7.30. The summed E-state index contributed by atoms with van der Waals surface area (Å²) in [6.45, 7) is 9.70. The van der Waals surface area contributed by atoms with Crippen LogP contribution in [0.3, 0.4) is 0 Å². The average molecular weight is 325 g/mol. The molecule has 6 nitrogen and oxygen atoms in total. The highest BCUT2D eigenvalue weighted by atomic mass is 16.5. The molecule has 6 heteroatoms. The Morgan fingerprint density at radius 3 is 2.61 bits per heavy atom. The fraction of sp³-hybridized carbons (Fsp3) is 0.941. The van der Waals surface area contributed by atoms with Crippen molar-refractivity contribution in [2.75, 3.05) is 59.0 Å². The van der Waals surface area contributed by atoms with E-state index in [4.69, 9.17) is 4.74 Å². The van der Waals surface area contributed by atoms with Gasteiger partial charge in [0.15, 0.2) is 0 Å². The molecule has 3 aliphatic heterocycles. The van der Waals surface area contributed by atoms with Crippen molar-refractivity contribution in [1.82, 2.24) is 14.7 Å². The number of β-amino-alcohol motifs (C(OH)–C–C–N with tert-alkyl or cyclic N) is 1. The van der Waals surface area contributed by atoms with Crippen molar-refractivity contribution in [3.05, 3.63) is 0 Å². The predicted octanol–water partition coefficient (Wildman–Crippen LogP) is 0.156. The first kappa shape index (κ1) is 17.1. The van der Waals surface area contributed by atoms with Crippen LogP contribution in [0.25, 0.3) is 0 Å². The van der Waals surface area contributed by atoms with Crippen molar-refractivity contribution in [3.8, 4) is 0 Å². The van der Waals surface area contributed by atoms with E-state index in [2.05, 4.69) is 16.7 Å². The molecule has 132 valence electrons. The van der Waals surface area contributed by atoms with E-state index in [1.54, 1.807) is 0 Å². The van der Waals surface area contributed by atoms with Gasteiger partial charge >= 0.3 is 0 Å². The molecule has 0 bridgehead atoms. The Balaban J connectivity index is 1.46. The van der Waals surface area contributed by atoms with Gasteiger partial charge in [0.05, 0.1) is 5.60 Å². The van der Waals surface area contributed by atoms with E-state index < -0.39 is 5.60 Å². The van der Waals surface area contributed by atoms with Crippen molar-refractivity contribution in [2.45, 2.75) is 44.3 Å². The van der Waals surface area contributed by atoms with E-state index in [-0.39, 0.29) is 12.0 Å². The number of hydrogen-bond acceptors (Lipinski definition) is 5. The second kappa shape index (κ2) is 7.47. The first-order valence-corrected chi connectivity index (χ1v) is 9.17. The molecule has 23 heavy (non-hydrogen) atoms. The summed E-state index contributed by atoms with van der Waals surface area (Å²) in [4.78, 5) is 19.0. The van der Waals surface area contributed by atoms with Gasteiger partial charge in [0.1, 0.15) is 6.10 Å². The van der Waals surface area contributed by atoms with Gasteiger partial charge in [0, 0.05) is 45.9 Å². The summed E-state index contributed by atoms with van der Waals surface area (Å²) >= 11 is 0. The van der Waals surface area contributed by atoms with Crippen LogP contribution in [-0.4, -0.2) is 96.4 Å². The molecular formula is C17H31N3O3. The largest absolute Gasteiger partial charge is 0.387 e. The minimum atomic E-state index is -0.588. The van der Waals surface area contributed by atoms with Gasteiger partial charge in [-0.2, -0.15) is 0 Å². The molecule has 0 aromatic rings. The molecule has 3 rings (SSSR count). The van der Waals surface area contributed by atoms with Crippen molar-refractivity contribution in [1.29, 1.82) is 0 Å². The highest BCUT2D eigenvalue weighted by Gasteiger charge is 2.36. The highest BCUT2D eigenvalue weighted by molar-refractivity contribution is 5.81. The van der Waals surface area contributed by atoms with Gasteiger partial charge in [-0.05, 0) is 38.8 Å². The van der Waals surface area contributed by atoms with E-state index >= 15 is 0 Å². The van der Waals surface area contributed by atoms with Crippen molar-refractivity contribution >= 4 is 5.91 Å². The first-order valence-electron chi connectivity index (χ1n) is 9.17. The Morgan fingerprint density at radius 2 is 1.96 bits per heavy atom. The van der Waals surface area contributed by atoms with Crippen LogP contribution < -0.4 is 0 Å². The number of hydrogen-bond donors (Lipinski definition) is 1. The molecule has 2 atom stereocenters. The molecule has 3 fully saturated rings. The second-order valence-corrected chi connectivity index (χ2v) is 7.30. The molecule has 0 aliphatic carbocycles. The highest BCUT2D eigenvalue weighted by Crippen LogP contribution is 2.23. The number of carbonyl (C=O) groups excluding carboxylic acids is 1. The predicted molar refractivity (Wildman–Crippen MR) is 88.3 cm³/mol.